The van der Waals surface area contributed by atoms with Crippen LogP contribution < -0.4 is 15.9 Å². The first-order valence-electron chi connectivity index (χ1n) is 12.6. The zero-order valence-electron chi connectivity index (χ0n) is 21.2. The van der Waals surface area contributed by atoms with Crippen molar-refractivity contribution in [2.45, 2.75) is 0 Å². The van der Waals surface area contributed by atoms with E-state index in [2.05, 4.69) is 4.98 Å². The highest BCUT2D eigenvalue weighted by Gasteiger charge is 2.30. The third-order valence-corrected chi connectivity index (χ3v) is 9.60. The molecule has 0 radical (unpaired) electrons. The number of hydrogen-bond acceptors (Lipinski definition) is 4. The molecule has 0 N–H and O–H groups in total. The van der Waals surface area contributed by atoms with Gasteiger partial charge >= 0.3 is 0 Å². The molecule has 4 nitrogen and oxygen atoms in total. The maximum Gasteiger partial charge on any atom is 0.171 e. The number of aromatic nitrogens is 3. The van der Waals surface area contributed by atoms with Gasteiger partial charge in [0.15, 0.2) is 24.6 Å². The van der Waals surface area contributed by atoms with Gasteiger partial charge in [0.2, 0.25) is 0 Å². The number of benzene rings is 5. The summed E-state index contributed by atoms with van der Waals surface area (Å²) in [5.74, 6) is 0.278. The van der Waals surface area contributed by atoms with Crippen molar-refractivity contribution in [2.75, 3.05) is 0 Å². The summed E-state index contributed by atoms with van der Waals surface area (Å²) >= 11 is 0. The van der Waals surface area contributed by atoms with E-state index in [-0.39, 0.29) is 11.6 Å². The van der Waals surface area contributed by atoms with Gasteiger partial charge in [-0.2, -0.15) is 0 Å². The highest BCUT2D eigenvalue weighted by molar-refractivity contribution is 7.85. The van der Waals surface area contributed by atoms with E-state index in [1.807, 2.05) is 84.9 Å². The standard InChI is InChI=1S/C33H22F2N3OP/c34-26-18-14-23(15-19-26)31-36-32(24-16-20-27(35)21-17-24)38-33(37-31)25-8-7-13-30(22-25)40(39,28-9-3-1-4-10-28)29-11-5-2-6-12-29/h1-22H. The molecule has 1 heterocycles. The number of halogens is 2. The highest BCUT2D eigenvalue weighted by Crippen LogP contribution is 2.42. The molecule has 194 valence electrons. The summed E-state index contributed by atoms with van der Waals surface area (Å²) in [5.41, 5.74) is 1.84. The lowest BCUT2D eigenvalue weighted by Crippen LogP contribution is -2.25. The van der Waals surface area contributed by atoms with Gasteiger partial charge < -0.3 is 4.57 Å². The molecule has 5 aromatic carbocycles. The average molecular weight is 546 g/mol. The molecule has 0 saturated carbocycles. The van der Waals surface area contributed by atoms with Crippen molar-refractivity contribution < 1.29 is 13.3 Å². The zero-order valence-corrected chi connectivity index (χ0v) is 22.0. The lowest BCUT2D eigenvalue weighted by molar-refractivity contribution is 0.592. The van der Waals surface area contributed by atoms with Crippen LogP contribution >= 0.6 is 7.14 Å². The summed E-state index contributed by atoms with van der Waals surface area (Å²) in [6.45, 7) is 0. The Bertz CT molecular complexity index is 1720. The third-order valence-electron chi connectivity index (χ3n) is 6.55. The predicted molar refractivity (Wildman–Crippen MR) is 155 cm³/mol. The van der Waals surface area contributed by atoms with Crippen LogP contribution in [0.25, 0.3) is 34.2 Å². The molecule has 0 atom stereocenters. The summed E-state index contributed by atoms with van der Waals surface area (Å²) in [6, 6.07) is 38.0. The molecule has 0 aliphatic carbocycles. The summed E-state index contributed by atoms with van der Waals surface area (Å²) in [4.78, 5) is 14.0. The van der Waals surface area contributed by atoms with Gasteiger partial charge in [-0.3, -0.25) is 0 Å². The van der Waals surface area contributed by atoms with Crippen molar-refractivity contribution in [3.63, 3.8) is 0 Å². The van der Waals surface area contributed by atoms with Crippen LogP contribution in [0.5, 0.6) is 0 Å². The van der Waals surface area contributed by atoms with E-state index in [9.17, 15) is 13.3 Å². The van der Waals surface area contributed by atoms with Crippen molar-refractivity contribution >= 4 is 23.1 Å². The first-order valence-corrected chi connectivity index (χ1v) is 14.3. The van der Waals surface area contributed by atoms with E-state index >= 15 is 0 Å². The molecule has 0 aliphatic heterocycles. The third kappa shape index (κ3) is 4.97. The molecule has 6 rings (SSSR count). The molecular formula is C33H22F2N3OP. The van der Waals surface area contributed by atoms with Gasteiger partial charge in [0.05, 0.1) is 0 Å². The molecular weight excluding hydrogens is 523 g/mol. The van der Waals surface area contributed by atoms with Gasteiger partial charge in [-0.25, -0.2) is 23.7 Å². The van der Waals surface area contributed by atoms with Crippen LogP contribution in [0.2, 0.25) is 0 Å². The molecule has 7 heteroatoms. The monoisotopic (exact) mass is 545 g/mol. The van der Waals surface area contributed by atoms with Crippen LogP contribution in [0.1, 0.15) is 0 Å². The largest absolute Gasteiger partial charge is 0.309 e. The number of hydrogen-bond donors (Lipinski definition) is 0. The molecule has 0 spiro atoms. The van der Waals surface area contributed by atoms with E-state index in [0.29, 0.717) is 50.1 Å². The second-order valence-electron chi connectivity index (χ2n) is 9.15. The second-order valence-corrected chi connectivity index (χ2v) is 11.9. The molecule has 6 aromatic rings. The topological polar surface area (TPSA) is 55.7 Å². The van der Waals surface area contributed by atoms with Crippen LogP contribution in [0.3, 0.4) is 0 Å². The molecule has 0 saturated heterocycles. The van der Waals surface area contributed by atoms with Crippen molar-refractivity contribution in [1.29, 1.82) is 0 Å². The Kier molecular flexibility index (Phi) is 6.85. The Balaban J connectivity index is 1.54. The minimum atomic E-state index is -3.23. The maximum absolute atomic E-state index is 14.9. The first kappa shape index (κ1) is 25.5. The fourth-order valence-electron chi connectivity index (χ4n) is 4.53. The summed E-state index contributed by atoms with van der Waals surface area (Å²) in [7, 11) is -3.23. The van der Waals surface area contributed by atoms with Crippen molar-refractivity contribution in [1.82, 2.24) is 15.0 Å². The molecule has 1 aromatic heterocycles. The van der Waals surface area contributed by atoms with Crippen LogP contribution in [0, 0.1) is 11.6 Å². The van der Waals surface area contributed by atoms with Gasteiger partial charge in [-0.05, 0) is 54.6 Å². The quantitative estimate of drug-likeness (QED) is 0.216. The van der Waals surface area contributed by atoms with E-state index in [4.69, 9.17) is 9.97 Å². The van der Waals surface area contributed by atoms with E-state index < -0.39 is 7.14 Å². The SMILES string of the molecule is O=P(c1ccccc1)(c1ccccc1)c1cccc(-c2nc(-c3ccc(F)cc3)nc(-c3ccc(F)cc3)n2)c1. The number of rotatable bonds is 6. The minimum Gasteiger partial charge on any atom is -0.309 e. The van der Waals surface area contributed by atoms with Gasteiger partial charge in [0.25, 0.3) is 0 Å². The Morgan fingerprint density at radius 1 is 0.425 bits per heavy atom. The van der Waals surface area contributed by atoms with E-state index in [1.54, 1.807) is 24.3 Å². The first-order chi connectivity index (χ1) is 19.5. The zero-order chi connectivity index (χ0) is 27.5. The van der Waals surface area contributed by atoms with Gasteiger partial charge in [-0.15, -0.1) is 0 Å². The van der Waals surface area contributed by atoms with Crippen LogP contribution in [-0.4, -0.2) is 15.0 Å². The van der Waals surface area contributed by atoms with Crippen LogP contribution in [0.15, 0.2) is 133 Å². The molecule has 40 heavy (non-hydrogen) atoms. The summed E-state index contributed by atoms with van der Waals surface area (Å²) in [6.07, 6.45) is 0. The molecule has 0 unspecified atom stereocenters. The van der Waals surface area contributed by atoms with Crippen molar-refractivity contribution in [3.8, 4) is 34.2 Å². The lowest BCUT2D eigenvalue weighted by Gasteiger charge is -2.20. The average Bonchev–Trinajstić information content (AvgIpc) is 3.02. The van der Waals surface area contributed by atoms with E-state index in [1.165, 1.54) is 24.3 Å². The van der Waals surface area contributed by atoms with Crippen LogP contribution in [-0.2, 0) is 4.57 Å². The second kappa shape index (κ2) is 10.8. The Labute approximate surface area is 230 Å². The predicted octanol–water partition coefficient (Wildman–Crippen LogP) is 6.79. The van der Waals surface area contributed by atoms with E-state index in [0.717, 1.165) is 0 Å². The fraction of sp³-hybridized carbons (Fsp3) is 0. The van der Waals surface area contributed by atoms with Crippen molar-refractivity contribution in [3.05, 3.63) is 145 Å². The minimum absolute atomic E-state index is 0.337. The Morgan fingerprint density at radius 2 is 0.825 bits per heavy atom. The summed E-state index contributed by atoms with van der Waals surface area (Å²) in [5, 5.41) is 2.07. The molecule has 0 fully saturated rings. The smallest absolute Gasteiger partial charge is 0.171 e. The normalized spacial score (nSPS) is 11.3. The number of nitrogens with zero attached hydrogens (tertiary/aromatic N) is 3. The summed E-state index contributed by atoms with van der Waals surface area (Å²) < 4.78 is 42.2. The molecule has 0 amide bonds. The van der Waals surface area contributed by atoms with Gasteiger partial charge in [0, 0.05) is 32.6 Å². The van der Waals surface area contributed by atoms with Gasteiger partial charge in [0.1, 0.15) is 11.6 Å². The van der Waals surface area contributed by atoms with Crippen molar-refractivity contribution in [2.24, 2.45) is 0 Å². The fourth-order valence-corrected chi connectivity index (χ4v) is 7.22. The highest BCUT2D eigenvalue weighted by atomic mass is 31.2. The molecule has 0 bridgehead atoms. The molecule has 0 aliphatic rings. The lowest BCUT2D eigenvalue weighted by atomic mass is 10.1. The van der Waals surface area contributed by atoms with Crippen LogP contribution in [0.4, 0.5) is 8.78 Å². The Morgan fingerprint density at radius 3 is 1.27 bits per heavy atom. The maximum atomic E-state index is 14.9. The van der Waals surface area contributed by atoms with Gasteiger partial charge in [-0.1, -0.05) is 78.9 Å². The Hall–Kier alpha value is -4.80.